The van der Waals surface area contributed by atoms with Crippen molar-refractivity contribution in [3.8, 4) is 0 Å². The molecule has 2 fully saturated rings. The zero-order valence-corrected chi connectivity index (χ0v) is 7.05. The van der Waals surface area contributed by atoms with Gasteiger partial charge < -0.3 is 0 Å². The highest BCUT2D eigenvalue weighted by molar-refractivity contribution is 5.80. The van der Waals surface area contributed by atoms with Crippen LogP contribution in [0.3, 0.4) is 0 Å². The molecule has 0 aliphatic carbocycles. The van der Waals surface area contributed by atoms with Crippen molar-refractivity contribution in [2.45, 2.75) is 32.2 Å². The molecule has 0 spiro atoms. The smallest absolute Gasteiger partial charge is 0.135 e. The number of hydrogen-bond donors (Lipinski definition) is 0. The Morgan fingerprint density at radius 3 is 3.18 bits per heavy atom. The number of hydrogen-bond acceptors (Lipinski definition) is 2. The van der Waals surface area contributed by atoms with E-state index in [1.54, 1.807) is 0 Å². The Balaban J connectivity index is 2.02. The number of fused-ring (bicyclic) bond motifs is 1. The molecular weight excluding hydrogens is 138 g/mol. The molecule has 2 rings (SSSR count). The van der Waals surface area contributed by atoms with E-state index >= 15 is 0 Å². The summed E-state index contributed by atoms with van der Waals surface area (Å²) < 4.78 is 0. The third-order valence-electron chi connectivity index (χ3n) is 2.88. The lowest BCUT2D eigenvalue weighted by molar-refractivity contribution is -0.122. The molecule has 2 heteroatoms. The molecule has 2 heterocycles. The lowest BCUT2D eigenvalue weighted by Crippen LogP contribution is -2.38. The van der Waals surface area contributed by atoms with Gasteiger partial charge in [0, 0.05) is 32.0 Å². The van der Waals surface area contributed by atoms with Crippen LogP contribution >= 0.6 is 0 Å². The highest BCUT2D eigenvalue weighted by Gasteiger charge is 2.33. The van der Waals surface area contributed by atoms with Crippen LogP contribution in [0.1, 0.15) is 26.2 Å². The second-order valence-corrected chi connectivity index (χ2v) is 3.98. The Hall–Kier alpha value is -0.370. The van der Waals surface area contributed by atoms with E-state index in [1.807, 2.05) is 0 Å². The average molecular weight is 153 g/mol. The molecule has 0 N–H and O–H groups in total. The van der Waals surface area contributed by atoms with E-state index in [9.17, 15) is 4.79 Å². The van der Waals surface area contributed by atoms with Crippen LogP contribution < -0.4 is 0 Å². The molecule has 0 aromatic heterocycles. The molecule has 0 saturated carbocycles. The lowest BCUT2D eigenvalue weighted by Gasteiger charge is -2.27. The normalized spacial score (nSPS) is 39.2. The van der Waals surface area contributed by atoms with Crippen LogP contribution in [-0.2, 0) is 4.79 Å². The molecule has 2 aliphatic rings. The van der Waals surface area contributed by atoms with Crippen LogP contribution in [0.4, 0.5) is 0 Å². The van der Waals surface area contributed by atoms with Crippen molar-refractivity contribution in [2.75, 3.05) is 13.1 Å². The van der Waals surface area contributed by atoms with Gasteiger partial charge in [-0.15, -0.1) is 0 Å². The first-order chi connectivity index (χ1) is 5.25. The van der Waals surface area contributed by atoms with Crippen molar-refractivity contribution in [2.24, 2.45) is 5.92 Å². The van der Waals surface area contributed by atoms with Crippen molar-refractivity contribution in [3.63, 3.8) is 0 Å². The SMILES string of the molecule is CC1CC2CC(=O)CCN2C1. The summed E-state index contributed by atoms with van der Waals surface area (Å²) in [5, 5.41) is 0. The topological polar surface area (TPSA) is 20.3 Å². The third kappa shape index (κ3) is 1.32. The summed E-state index contributed by atoms with van der Waals surface area (Å²) in [6, 6.07) is 0.603. The average Bonchev–Trinajstić information content (AvgIpc) is 2.27. The van der Waals surface area contributed by atoms with E-state index < -0.39 is 0 Å². The summed E-state index contributed by atoms with van der Waals surface area (Å²) in [7, 11) is 0. The number of rotatable bonds is 0. The summed E-state index contributed by atoms with van der Waals surface area (Å²) in [6.07, 6.45) is 2.86. The first kappa shape index (κ1) is 7.29. The minimum atomic E-state index is 0.473. The van der Waals surface area contributed by atoms with E-state index in [4.69, 9.17) is 0 Å². The van der Waals surface area contributed by atoms with Crippen LogP contribution in [-0.4, -0.2) is 29.8 Å². The van der Waals surface area contributed by atoms with Gasteiger partial charge in [-0.3, -0.25) is 9.69 Å². The van der Waals surface area contributed by atoms with Gasteiger partial charge in [0.15, 0.2) is 0 Å². The predicted molar refractivity (Wildman–Crippen MR) is 43.4 cm³/mol. The molecule has 0 radical (unpaired) electrons. The molecule has 2 atom stereocenters. The Morgan fingerprint density at radius 2 is 2.36 bits per heavy atom. The molecule has 2 saturated heterocycles. The second kappa shape index (κ2) is 2.59. The largest absolute Gasteiger partial charge is 0.300 e. The predicted octanol–water partition coefficient (Wildman–Crippen LogP) is 1.06. The Bertz CT molecular complexity index is 178. The molecule has 0 amide bonds. The number of carbonyl (C=O) groups is 1. The van der Waals surface area contributed by atoms with Gasteiger partial charge in [-0.25, -0.2) is 0 Å². The van der Waals surface area contributed by atoms with Crippen molar-refractivity contribution < 1.29 is 4.79 Å². The summed E-state index contributed by atoms with van der Waals surface area (Å²) >= 11 is 0. The summed E-state index contributed by atoms with van der Waals surface area (Å²) in [5.74, 6) is 1.28. The molecule has 2 unspecified atom stereocenters. The maximum atomic E-state index is 11.1. The van der Waals surface area contributed by atoms with Crippen LogP contribution in [0.2, 0.25) is 0 Å². The van der Waals surface area contributed by atoms with E-state index in [-0.39, 0.29) is 0 Å². The minimum absolute atomic E-state index is 0.473. The maximum absolute atomic E-state index is 11.1. The number of Topliss-reactive ketones (excluding diaryl/α,β-unsaturated/α-hetero) is 1. The van der Waals surface area contributed by atoms with E-state index in [1.165, 1.54) is 13.0 Å². The lowest BCUT2D eigenvalue weighted by atomic mass is 10.00. The van der Waals surface area contributed by atoms with E-state index in [0.717, 1.165) is 25.3 Å². The van der Waals surface area contributed by atoms with Crippen LogP contribution in [0.5, 0.6) is 0 Å². The van der Waals surface area contributed by atoms with Crippen molar-refractivity contribution in [3.05, 3.63) is 0 Å². The first-order valence-electron chi connectivity index (χ1n) is 4.51. The second-order valence-electron chi connectivity index (χ2n) is 3.98. The molecule has 11 heavy (non-hydrogen) atoms. The molecule has 0 aromatic carbocycles. The van der Waals surface area contributed by atoms with Gasteiger partial charge in [-0.1, -0.05) is 6.92 Å². The van der Waals surface area contributed by atoms with Gasteiger partial charge in [0.25, 0.3) is 0 Å². The van der Waals surface area contributed by atoms with Gasteiger partial charge in [-0.05, 0) is 12.3 Å². The number of carbonyl (C=O) groups excluding carboxylic acids is 1. The highest BCUT2D eigenvalue weighted by Crippen LogP contribution is 2.28. The number of ketones is 1. The fourth-order valence-corrected chi connectivity index (χ4v) is 2.36. The zero-order chi connectivity index (χ0) is 7.84. The Morgan fingerprint density at radius 1 is 1.55 bits per heavy atom. The van der Waals surface area contributed by atoms with Crippen LogP contribution in [0, 0.1) is 5.92 Å². The molecule has 62 valence electrons. The summed E-state index contributed by atoms with van der Waals surface area (Å²) in [5.41, 5.74) is 0. The van der Waals surface area contributed by atoms with Gasteiger partial charge in [-0.2, -0.15) is 0 Å². The molecule has 2 aliphatic heterocycles. The van der Waals surface area contributed by atoms with Gasteiger partial charge >= 0.3 is 0 Å². The van der Waals surface area contributed by atoms with E-state index in [2.05, 4.69) is 11.8 Å². The fraction of sp³-hybridized carbons (Fsp3) is 0.889. The maximum Gasteiger partial charge on any atom is 0.135 e. The molecular formula is C9H15NO. The zero-order valence-electron chi connectivity index (χ0n) is 7.05. The molecule has 0 bridgehead atoms. The van der Waals surface area contributed by atoms with E-state index in [0.29, 0.717) is 11.8 Å². The van der Waals surface area contributed by atoms with Crippen LogP contribution in [0.25, 0.3) is 0 Å². The van der Waals surface area contributed by atoms with Crippen molar-refractivity contribution >= 4 is 5.78 Å². The molecule has 2 nitrogen and oxygen atoms in total. The third-order valence-corrected chi connectivity index (χ3v) is 2.88. The molecule has 0 aromatic rings. The Labute approximate surface area is 67.6 Å². The van der Waals surface area contributed by atoms with Crippen molar-refractivity contribution in [1.82, 2.24) is 4.90 Å². The highest BCUT2D eigenvalue weighted by atomic mass is 16.1. The standard InChI is InChI=1S/C9H15NO/c1-7-4-8-5-9(11)2-3-10(8)6-7/h7-8H,2-6H2,1H3. The van der Waals surface area contributed by atoms with Crippen molar-refractivity contribution in [1.29, 1.82) is 0 Å². The monoisotopic (exact) mass is 153 g/mol. The first-order valence-corrected chi connectivity index (χ1v) is 4.51. The van der Waals surface area contributed by atoms with Gasteiger partial charge in [0.1, 0.15) is 5.78 Å². The van der Waals surface area contributed by atoms with Gasteiger partial charge in [0.2, 0.25) is 0 Å². The summed E-state index contributed by atoms with van der Waals surface area (Å²) in [6.45, 7) is 4.52. The quantitative estimate of drug-likeness (QED) is 0.518. The minimum Gasteiger partial charge on any atom is -0.300 e. The van der Waals surface area contributed by atoms with Crippen LogP contribution in [0.15, 0.2) is 0 Å². The van der Waals surface area contributed by atoms with Gasteiger partial charge in [0.05, 0.1) is 0 Å². The number of nitrogens with zero attached hydrogens (tertiary/aromatic N) is 1. The number of piperidine rings is 1. The fourth-order valence-electron chi connectivity index (χ4n) is 2.36. The summed E-state index contributed by atoms with van der Waals surface area (Å²) in [4.78, 5) is 13.6. The Kier molecular flexibility index (Phi) is 1.72.